The van der Waals surface area contributed by atoms with Gasteiger partial charge in [0, 0.05) is 6.04 Å². The van der Waals surface area contributed by atoms with Gasteiger partial charge >= 0.3 is 6.18 Å². The Morgan fingerprint density at radius 2 is 2.07 bits per heavy atom. The summed E-state index contributed by atoms with van der Waals surface area (Å²) >= 11 is 0. The second kappa shape index (κ2) is 4.98. The van der Waals surface area contributed by atoms with Gasteiger partial charge in [0.15, 0.2) is 0 Å². The summed E-state index contributed by atoms with van der Waals surface area (Å²) in [5, 5.41) is 3.07. The van der Waals surface area contributed by atoms with Gasteiger partial charge in [0.2, 0.25) is 0 Å². The molecule has 0 aromatic carbocycles. The first-order valence-corrected chi connectivity index (χ1v) is 4.87. The molecular formula is C9H16F3NO. The van der Waals surface area contributed by atoms with Crippen molar-refractivity contribution in [1.82, 2.24) is 5.32 Å². The van der Waals surface area contributed by atoms with E-state index < -0.39 is 12.8 Å². The SMILES string of the molecule is CNC1CCCC(OCC(F)(F)F)C1. The summed E-state index contributed by atoms with van der Waals surface area (Å²) in [4.78, 5) is 0. The van der Waals surface area contributed by atoms with Crippen LogP contribution in [-0.2, 0) is 4.74 Å². The van der Waals surface area contributed by atoms with E-state index in [0.29, 0.717) is 12.5 Å². The van der Waals surface area contributed by atoms with E-state index in [1.54, 1.807) is 0 Å². The first-order valence-electron chi connectivity index (χ1n) is 4.87. The quantitative estimate of drug-likeness (QED) is 0.771. The third-order valence-electron chi connectivity index (χ3n) is 2.52. The zero-order chi connectivity index (χ0) is 10.6. The summed E-state index contributed by atoms with van der Waals surface area (Å²) in [6.07, 6.45) is -1.04. The van der Waals surface area contributed by atoms with Crippen molar-refractivity contribution in [3.05, 3.63) is 0 Å². The molecule has 1 fully saturated rings. The van der Waals surface area contributed by atoms with E-state index in [0.717, 1.165) is 19.3 Å². The molecule has 0 aliphatic heterocycles. The fourth-order valence-electron chi connectivity index (χ4n) is 1.77. The molecule has 0 spiro atoms. The normalized spacial score (nSPS) is 29.1. The van der Waals surface area contributed by atoms with Crippen LogP contribution in [0.15, 0.2) is 0 Å². The molecule has 0 bridgehead atoms. The van der Waals surface area contributed by atoms with E-state index in [1.165, 1.54) is 0 Å². The van der Waals surface area contributed by atoms with Crippen molar-refractivity contribution in [2.75, 3.05) is 13.7 Å². The maximum atomic E-state index is 11.8. The van der Waals surface area contributed by atoms with Gasteiger partial charge in [-0.05, 0) is 32.7 Å². The standard InChI is InChI=1S/C9H16F3NO/c1-13-7-3-2-4-8(5-7)14-6-9(10,11)12/h7-8,13H,2-6H2,1H3. The summed E-state index contributed by atoms with van der Waals surface area (Å²) < 4.78 is 40.4. The average Bonchev–Trinajstić information content (AvgIpc) is 2.14. The van der Waals surface area contributed by atoms with E-state index in [2.05, 4.69) is 5.32 Å². The van der Waals surface area contributed by atoms with Crippen molar-refractivity contribution in [2.24, 2.45) is 0 Å². The first kappa shape index (κ1) is 11.8. The Hall–Kier alpha value is -0.290. The first-order chi connectivity index (χ1) is 6.51. The molecule has 0 saturated heterocycles. The fourth-order valence-corrected chi connectivity index (χ4v) is 1.77. The highest BCUT2D eigenvalue weighted by molar-refractivity contribution is 4.77. The van der Waals surface area contributed by atoms with Crippen LogP contribution in [0.2, 0.25) is 0 Å². The Labute approximate surface area is 81.8 Å². The van der Waals surface area contributed by atoms with Crippen LogP contribution in [-0.4, -0.2) is 32.0 Å². The number of ether oxygens (including phenoxy) is 1. The highest BCUT2D eigenvalue weighted by atomic mass is 19.4. The lowest BCUT2D eigenvalue weighted by Gasteiger charge is -2.29. The minimum Gasteiger partial charge on any atom is -0.369 e. The highest BCUT2D eigenvalue weighted by Crippen LogP contribution is 2.23. The molecule has 1 rings (SSSR count). The van der Waals surface area contributed by atoms with Crippen molar-refractivity contribution in [3.63, 3.8) is 0 Å². The number of halogens is 3. The van der Waals surface area contributed by atoms with Crippen LogP contribution in [0, 0.1) is 0 Å². The number of nitrogens with one attached hydrogen (secondary N) is 1. The van der Waals surface area contributed by atoms with Crippen LogP contribution in [0.25, 0.3) is 0 Å². The van der Waals surface area contributed by atoms with Crippen LogP contribution in [0.1, 0.15) is 25.7 Å². The lowest BCUT2D eigenvalue weighted by molar-refractivity contribution is -0.188. The van der Waals surface area contributed by atoms with E-state index in [4.69, 9.17) is 4.74 Å². The topological polar surface area (TPSA) is 21.3 Å². The van der Waals surface area contributed by atoms with Crippen molar-refractivity contribution in [1.29, 1.82) is 0 Å². The molecule has 0 aromatic heterocycles. The number of hydrogen-bond donors (Lipinski definition) is 1. The van der Waals surface area contributed by atoms with Gasteiger partial charge in [-0.15, -0.1) is 0 Å². The van der Waals surface area contributed by atoms with Crippen LogP contribution in [0.3, 0.4) is 0 Å². The smallest absolute Gasteiger partial charge is 0.369 e. The maximum Gasteiger partial charge on any atom is 0.411 e. The fraction of sp³-hybridized carbons (Fsp3) is 1.00. The largest absolute Gasteiger partial charge is 0.411 e. The van der Waals surface area contributed by atoms with Gasteiger partial charge in [0.05, 0.1) is 6.10 Å². The van der Waals surface area contributed by atoms with Crippen LogP contribution in [0.5, 0.6) is 0 Å². The van der Waals surface area contributed by atoms with Gasteiger partial charge < -0.3 is 10.1 Å². The van der Waals surface area contributed by atoms with Gasteiger partial charge in [0.25, 0.3) is 0 Å². The third-order valence-corrected chi connectivity index (χ3v) is 2.52. The molecule has 2 unspecified atom stereocenters. The summed E-state index contributed by atoms with van der Waals surface area (Å²) in [7, 11) is 1.83. The Morgan fingerprint density at radius 1 is 1.36 bits per heavy atom. The zero-order valence-electron chi connectivity index (χ0n) is 8.23. The Bertz CT molecular complexity index is 172. The molecule has 1 N–H and O–H groups in total. The van der Waals surface area contributed by atoms with E-state index in [1.807, 2.05) is 7.05 Å². The maximum absolute atomic E-state index is 11.8. The predicted octanol–water partition coefficient (Wildman–Crippen LogP) is 2.10. The van der Waals surface area contributed by atoms with Gasteiger partial charge in [-0.2, -0.15) is 13.2 Å². The van der Waals surface area contributed by atoms with Gasteiger partial charge in [0.1, 0.15) is 6.61 Å². The molecule has 0 radical (unpaired) electrons. The molecule has 2 nitrogen and oxygen atoms in total. The highest BCUT2D eigenvalue weighted by Gasteiger charge is 2.30. The molecule has 1 aliphatic carbocycles. The van der Waals surface area contributed by atoms with Crippen LogP contribution < -0.4 is 5.32 Å². The van der Waals surface area contributed by atoms with E-state index in [9.17, 15) is 13.2 Å². The van der Waals surface area contributed by atoms with E-state index >= 15 is 0 Å². The van der Waals surface area contributed by atoms with Crippen molar-refractivity contribution in [2.45, 2.75) is 44.0 Å². The predicted molar refractivity (Wildman–Crippen MR) is 47.1 cm³/mol. The van der Waals surface area contributed by atoms with Crippen LogP contribution in [0.4, 0.5) is 13.2 Å². The minimum atomic E-state index is -4.20. The zero-order valence-corrected chi connectivity index (χ0v) is 8.23. The summed E-state index contributed by atoms with van der Waals surface area (Å²) in [5.74, 6) is 0. The molecule has 0 heterocycles. The van der Waals surface area contributed by atoms with Crippen LogP contribution >= 0.6 is 0 Å². The minimum absolute atomic E-state index is 0.233. The molecule has 1 aliphatic rings. The van der Waals surface area contributed by atoms with Gasteiger partial charge in [-0.1, -0.05) is 0 Å². The van der Waals surface area contributed by atoms with Gasteiger partial charge in [-0.3, -0.25) is 0 Å². The Kier molecular flexibility index (Phi) is 4.19. The average molecular weight is 211 g/mol. The Balaban J connectivity index is 2.24. The van der Waals surface area contributed by atoms with Crippen molar-refractivity contribution >= 4 is 0 Å². The molecule has 2 atom stereocenters. The lowest BCUT2D eigenvalue weighted by atomic mass is 9.93. The second-order valence-corrected chi connectivity index (χ2v) is 3.70. The molecule has 1 saturated carbocycles. The summed E-state index contributed by atoms with van der Waals surface area (Å²) in [5.41, 5.74) is 0. The summed E-state index contributed by atoms with van der Waals surface area (Å²) in [6.45, 7) is -1.12. The number of rotatable bonds is 3. The number of hydrogen-bond acceptors (Lipinski definition) is 2. The Morgan fingerprint density at radius 3 is 2.64 bits per heavy atom. The monoisotopic (exact) mass is 211 g/mol. The lowest BCUT2D eigenvalue weighted by Crippen LogP contribution is -2.36. The molecular weight excluding hydrogens is 195 g/mol. The van der Waals surface area contributed by atoms with Crippen molar-refractivity contribution in [3.8, 4) is 0 Å². The summed E-state index contributed by atoms with van der Waals surface area (Å²) in [6, 6.07) is 0.307. The molecule has 84 valence electrons. The molecule has 5 heteroatoms. The van der Waals surface area contributed by atoms with Gasteiger partial charge in [-0.25, -0.2) is 0 Å². The molecule has 0 amide bonds. The van der Waals surface area contributed by atoms with E-state index in [-0.39, 0.29) is 6.10 Å². The number of alkyl halides is 3. The molecule has 14 heavy (non-hydrogen) atoms. The molecule has 0 aromatic rings. The third kappa shape index (κ3) is 4.28. The second-order valence-electron chi connectivity index (χ2n) is 3.70. The van der Waals surface area contributed by atoms with Crippen molar-refractivity contribution < 1.29 is 17.9 Å².